The number of amides is 1. The van der Waals surface area contributed by atoms with Crippen molar-refractivity contribution in [1.82, 2.24) is 4.90 Å². The molecule has 0 aliphatic heterocycles. The average Bonchev–Trinajstić information content (AvgIpc) is 2.64. The first-order chi connectivity index (χ1) is 12.1. The Labute approximate surface area is 151 Å². The van der Waals surface area contributed by atoms with E-state index in [0.717, 1.165) is 31.4 Å². The maximum Gasteiger partial charge on any atom is 0.310 e. The third-order valence-electron chi connectivity index (χ3n) is 4.06. The van der Waals surface area contributed by atoms with Crippen LogP contribution in [0.1, 0.15) is 46.0 Å². The average molecular weight is 349 g/mol. The molecule has 1 aromatic carbocycles. The van der Waals surface area contributed by atoms with E-state index in [1.54, 1.807) is 11.8 Å². The van der Waals surface area contributed by atoms with Crippen LogP contribution in [0.2, 0.25) is 0 Å². The zero-order valence-electron chi connectivity index (χ0n) is 15.7. The quantitative estimate of drug-likeness (QED) is 0.427. The highest BCUT2D eigenvalue weighted by molar-refractivity contribution is 5.78. The number of carbonyl (C=O) groups is 2. The van der Waals surface area contributed by atoms with Crippen LogP contribution in [0.5, 0.6) is 5.75 Å². The summed E-state index contributed by atoms with van der Waals surface area (Å²) >= 11 is 0. The van der Waals surface area contributed by atoms with E-state index in [1.807, 2.05) is 30.3 Å². The number of carbonyl (C=O) groups excluding carboxylic acids is 2. The van der Waals surface area contributed by atoms with Gasteiger partial charge in [-0.3, -0.25) is 9.59 Å². The Balaban J connectivity index is 2.50. The maximum absolute atomic E-state index is 12.5. The normalized spacial score (nSPS) is 11.6. The van der Waals surface area contributed by atoms with Gasteiger partial charge in [-0.25, -0.2) is 0 Å². The molecule has 25 heavy (non-hydrogen) atoms. The lowest BCUT2D eigenvalue weighted by atomic mass is 10.1. The number of hydrogen-bond acceptors (Lipinski definition) is 4. The lowest BCUT2D eigenvalue weighted by Gasteiger charge is -2.25. The number of methoxy groups -OCH3 is 1. The van der Waals surface area contributed by atoms with Gasteiger partial charge in [0.25, 0.3) is 0 Å². The molecule has 0 bridgehead atoms. The standard InChI is InChI=1S/C20H31NO4/c1-4-5-6-10-14-21(16-17(2)20(23)24-3)19(22)13-15-25-18-11-8-7-9-12-18/h7-9,11-12,17H,4-6,10,13-16H2,1-3H3. The monoisotopic (exact) mass is 349 g/mol. The Morgan fingerprint density at radius 2 is 1.84 bits per heavy atom. The van der Waals surface area contributed by atoms with Gasteiger partial charge >= 0.3 is 5.97 Å². The van der Waals surface area contributed by atoms with E-state index in [1.165, 1.54) is 7.11 Å². The van der Waals surface area contributed by atoms with E-state index in [9.17, 15) is 9.59 Å². The number of ether oxygens (including phenoxy) is 2. The second kappa shape index (κ2) is 12.3. The third-order valence-corrected chi connectivity index (χ3v) is 4.06. The van der Waals surface area contributed by atoms with Gasteiger partial charge in [0.15, 0.2) is 0 Å². The van der Waals surface area contributed by atoms with Crippen LogP contribution in [-0.4, -0.2) is 43.6 Å². The van der Waals surface area contributed by atoms with Crippen molar-refractivity contribution < 1.29 is 19.1 Å². The molecular formula is C20H31NO4. The fourth-order valence-corrected chi connectivity index (χ4v) is 2.58. The molecule has 1 unspecified atom stereocenters. The lowest BCUT2D eigenvalue weighted by molar-refractivity contribution is -0.146. The summed E-state index contributed by atoms with van der Waals surface area (Å²) < 4.78 is 10.4. The van der Waals surface area contributed by atoms with E-state index in [0.29, 0.717) is 26.1 Å². The number of benzene rings is 1. The van der Waals surface area contributed by atoms with E-state index >= 15 is 0 Å². The summed E-state index contributed by atoms with van der Waals surface area (Å²) in [7, 11) is 1.37. The van der Waals surface area contributed by atoms with Gasteiger partial charge in [-0.1, -0.05) is 51.3 Å². The molecule has 0 spiro atoms. The summed E-state index contributed by atoms with van der Waals surface area (Å²) in [5, 5.41) is 0. The Morgan fingerprint density at radius 1 is 1.12 bits per heavy atom. The molecule has 1 rings (SSSR count). The molecule has 1 amide bonds. The molecule has 0 saturated heterocycles. The van der Waals surface area contributed by atoms with Crippen molar-refractivity contribution in [2.75, 3.05) is 26.8 Å². The lowest BCUT2D eigenvalue weighted by Crippen LogP contribution is -2.38. The van der Waals surface area contributed by atoms with Crippen LogP contribution in [0, 0.1) is 5.92 Å². The van der Waals surface area contributed by atoms with Gasteiger partial charge in [0, 0.05) is 13.1 Å². The topological polar surface area (TPSA) is 55.8 Å². The first kappa shape index (κ1) is 21.0. The highest BCUT2D eigenvalue weighted by Crippen LogP contribution is 2.11. The Bertz CT molecular complexity index is 504. The summed E-state index contributed by atoms with van der Waals surface area (Å²) in [5.74, 6) is 0.165. The highest BCUT2D eigenvalue weighted by atomic mass is 16.5. The molecule has 140 valence electrons. The number of esters is 1. The molecule has 0 aliphatic carbocycles. The van der Waals surface area contributed by atoms with Crippen LogP contribution >= 0.6 is 0 Å². The van der Waals surface area contributed by atoms with Crippen LogP contribution in [0.15, 0.2) is 30.3 Å². The van der Waals surface area contributed by atoms with E-state index in [-0.39, 0.29) is 17.8 Å². The second-order valence-electron chi connectivity index (χ2n) is 6.24. The zero-order chi connectivity index (χ0) is 18.5. The molecule has 0 radical (unpaired) electrons. The van der Waals surface area contributed by atoms with Crippen LogP contribution in [0.25, 0.3) is 0 Å². The van der Waals surface area contributed by atoms with Gasteiger partial charge in [-0.2, -0.15) is 0 Å². The minimum atomic E-state index is -0.324. The summed E-state index contributed by atoms with van der Waals surface area (Å²) in [6.45, 7) is 5.34. The smallest absolute Gasteiger partial charge is 0.310 e. The largest absolute Gasteiger partial charge is 0.493 e. The van der Waals surface area contributed by atoms with E-state index in [4.69, 9.17) is 9.47 Å². The summed E-state index contributed by atoms with van der Waals surface area (Å²) in [5.41, 5.74) is 0. The summed E-state index contributed by atoms with van der Waals surface area (Å²) in [6, 6.07) is 9.45. The number of rotatable bonds is 12. The van der Waals surface area contributed by atoms with Gasteiger partial charge < -0.3 is 14.4 Å². The Hall–Kier alpha value is -2.04. The van der Waals surface area contributed by atoms with Crippen LogP contribution in [0.4, 0.5) is 0 Å². The molecule has 1 atom stereocenters. The van der Waals surface area contributed by atoms with Crippen LogP contribution in [-0.2, 0) is 14.3 Å². The summed E-state index contributed by atoms with van der Waals surface area (Å²) in [4.78, 5) is 26.0. The van der Waals surface area contributed by atoms with Crippen molar-refractivity contribution in [3.05, 3.63) is 30.3 Å². The number of nitrogens with zero attached hydrogens (tertiary/aromatic N) is 1. The predicted octanol–water partition coefficient (Wildman–Crippen LogP) is 3.67. The van der Waals surface area contributed by atoms with Crippen LogP contribution < -0.4 is 4.74 Å². The van der Waals surface area contributed by atoms with Gasteiger partial charge in [0.05, 0.1) is 26.1 Å². The molecule has 0 saturated carbocycles. The van der Waals surface area contributed by atoms with Crippen molar-refractivity contribution in [3.63, 3.8) is 0 Å². The summed E-state index contributed by atoms with van der Waals surface area (Å²) in [6.07, 6.45) is 4.65. The van der Waals surface area contributed by atoms with Gasteiger partial charge in [-0.05, 0) is 18.6 Å². The van der Waals surface area contributed by atoms with Crippen molar-refractivity contribution in [2.45, 2.75) is 46.0 Å². The van der Waals surface area contributed by atoms with Gasteiger partial charge in [0.1, 0.15) is 5.75 Å². The zero-order valence-corrected chi connectivity index (χ0v) is 15.7. The SMILES string of the molecule is CCCCCCN(CC(C)C(=O)OC)C(=O)CCOc1ccccc1. The Kier molecular flexibility index (Phi) is 10.4. The van der Waals surface area contributed by atoms with E-state index < -0.39 is 0 Å². The van der Waals surface area contributed by atoms with Crippen molar-refractivity contribution in [3.8, 4) is 5.75 Å². The molecule has 0 aromatic heterocycles. The number of unbranched alkanes of at least 4 members (excludes halogenated alkanes) is 3. The van der Waals surface area contributed by atoms with Crippen molar-refractivity contribution in [1.29, 1.82) is 0 Å². The molecule has 0 N–H and O–H groups in total. The minimum Gasteiger partial charge on any atom is -0.493 e. The maximum atomic E-state index is 12.5. The molecule has 0 heterocycles. The van der Waals surface area contributed by atoms with Gasteiger partial charge in [-0.15, -0.1) is 0 Å². The predicted molar refractivity (Wildman–Crippen MR) is 98.5 cm³/mol. The minimum absolute atomic E-state index is 0.0168. The molecule has 1 aromatic rings. The first-order valence-electron chi connectivity index (χ1n) is 9.12. The molecule has 5 nitrogen and oxygen atoms in total. The highest BCUT2D eigenvalue weighted by Gasteiger charge is 2.21. The molecule has 0 aliphatic rings. The molecular weight excluding hydrogens is 318 g/mol. The van der Waals surface area contributed by atoms with Crippen molar-refractivity contribution in [2.24, 2.45) is 5.92 Å². The third kappa shape index (κ3) is 8.57. The van der Waals surface area contributed by atoms with Gasteiger partial charge in [0.2, 0.25) is 5.91 Å². The van der Waals surface area contributed by atoms with E-state index in [2.05, 4.69) is 6.92 Å². The van der Waals surface area contributed by atoms with Crippen LogP contribution in [0.3, 0.4) is 0 Å². The number of hydrogen-bond donors (Lipinski definition) is 0. The molecule has 0 fully saturated rings. The second-order valence-corrected chi connectivity index (χ2v) is 6.24. The fourth-order valence-electron chi connectivity index (χ4n) is 2.58. The fraction of sp³-hybridized carbons (Fsp3) is 0.600. The first-order valence-corrected chi connectivity index (χ1v) is 9.12. The Morgan fingerprint density at radius 3 is 2.48 bits per heavy atom. The van der Waals surface area contributed by atoms with Crippen molar-refractivity contribution >= 4 is 11.9 Å². The number of para-hydroxylation sites is 1. The molecule has 5 heteroatoms.